The summed E-state index contributed by atoms with van der Waals surface area (Å²) in [5.41, 5.74) is 2.08. The molecule has 0 unspecified atom stereocenters. The molecule has 6 nitrogen and oxygen atoms in total. The Morgan fingerprint density at radius 2 is 1.89 bits per heavy atom. The first-order valence-electron chi connectivity index (χ1n) is 8.80. The van der Waals surface area contributed by atoms with Crippen LogP contribution in [0.4, 0.5) is 10.5 Å². The first kappa shape index (κ1) is 18.7. The summed E-state index contributed by atoms with van der Waals surface area (Å²) in [5.74, 6) is -1.07. The van der Waals surface area contributed by atoms with Crippen LogP contribution < -0.4 is 4.90 Å². The number of anilines is 1. The van der Waals surface area contributed by atoms with E-state index in [1.54, 1.807) is 21.9 Å². The van der Waals surface area contributed by atoms with Gasteiger partial charge in [0.1, 0.15) is 5.69 Å². The molecular weight excluding hydrogens is 401 g/mol. The third kappa shape index (κ3) is 3.30. The molecule has 0 bridgehead atoms. The highest BCUT2D eigenvalue weighted by atomic mass is 35.5. The van der Waals surface area contributed by atoms with Crippen molar-refractivity contribution >= 4 is 51.8 Å². The van der Waals surface area contributed by atoms with Crippen molar-refractivity contribution in [1.29, 1.82) is 0 Å². The van der Waals surface area contributed by atoms with Crippen LogP contribution in [-0.2, 0) is 6.42 Å². The summed E-state index contributed by atoms with van der Waals surface area (Å²) in [5, 5.41) is 11.0. The summed E-state index contributed by atoms with van der Waals surface area (Å²) in [6, 6.07) is 12.6. The second-order valence-corrected chi connectivity index (χ2v) is 7.44. The van der Waals surface area contributed by atoms with E-state index in [-0.39, 0.29) is 11.7 Å². The maximum Gasteiger partial charge on any atom is 0.352 e. The third-order valence-electron chi connectivity index (χ3n) is 4.93. The second kappa shape index (κ2) is 7.37. The van der Waals surface area contributed by atoms with Gasteiger partial charge in [-0.2, -0.15) is 0 Å². The van der Waals surface area contributed by atoms with Crippen LogP contribution in [0, 0.1) is 0 Å². The quantitative estimate of drug-likeness (QED) is 0.633. The predicted molar refractivity (Wildman–Crippen MR) is 110 cm³/mol. The predicted octanol–water partition coefficient (Wildman–Crippen LogP) is 4.66. The molecule has 2 N–H and O–H groups in total. The standard InChI is InChI=1S/C20H17Cl2N3O3/c21-12-10-15(22)17-14(18(19(26)27)23-16(17)11-12)6-7-24-8-9-25(20(24)28)13-4-2-1-3-5-13/h1-5,10-11,23H,6-9H2,(H,26,27). The van der Waals surface area contributed by atoms with E-state index in [0.717, 1.165) is 5.69 Å². The summed E-state index contributed by atoms with van der Waals surface area (Å²) in [6.07, 6.45) is 0.372. The van der Waals surface area contributed by atoms with Crippen molar-refractivity contribution in [1.82, 2.24) is 9.88 Å². The van der Waals surface area contributed by atoms with Crippen LogP contribution in [0.2, 0.25) is 10.0 Å². The van der Waals surface area contributed by atoms with Crippen molar-refractivity contribution in [3.8, 4) is 0 Å². The Kier molecular flexibility index (Phi) is 4.91. The molecule has 8 heteroatoms. The molecule has 28 heavy (non-hydrogen) atoms. The maximum absolute atomic E-state index is 12.7. The van der Waals surface area contributed by atoms with E-state index < -0.39 is 5.97 Å². The Morgan fingerprint density at radius 1 is 1.14 bits per heavy atom. The number of hydrogen-bond acceptors (Lipinski definition) is 2. The molecule has 1 aliphatic heterocycles. The lowest BCUT2D eigenvalue weighted by molar-refractivity contribution is 0.0690. The third-order valence-corrected chi connectivity index (χ3v) is 5.44. The number of nitrogens with zero attached hydrogens (tertiary/aromatic N) is 2. The largest absolute Gasteiger partial charge is 0.477 e. The molecule has 2 heterocycles. The molecule has 1 aromatic heterocycles. The first-order valence-corrected chi connectivity index (χ1v) is 9.55. The average molecular weight is 418 g/mol. The van der Waals surface area contributed by atoms with Gasteiger partial charge >= 0.3 is 12.0 Å². The molecule has 0 saturated carbocycles. The van der Waals surface area contributed by atoms with Crippen LogP contribution >= 0.6 is 23.2 Å². The number of aromatic carboxylic acids is 1. The van der Waals surface area contributed by atoms with Crippen molar-refractivity contribution in [3.63, 3.8) is 0 Å². The Bertz CT molecular complexity index is 1070. The van der Waals surface area contributed by atoms with Gasteiger partial charge in [0.15, 0.2) is 0 Å². The van der Waals surface area contributed by atoms with E-state index in [2.05, 4.69) is 4.98 Å². The highest BCUT2D eigenvalue weighted by Gasteiger charge is 2.30. The molecule has 1 saturated heterocycles. The number of H-pyrrole nitrogens is 1. The summed E-state index contributed by atoms with van der Waals surface area (Å²) < 4.78 is 0. The van der Waals surface area contributed by atoms with Gasteiger partial charge in [0.25, 0.3) is 0 Å². The lowest BCUT2D eigenvalue weighted by Gasteiger charge is -2.18. The van der Waals surface area contributed by atoms with Crippen molar-refractivity contribution in [2.45, 2.75) is 6.42 Å². The Labute approximate surface area is 171 Å². The van der Waals surface area contributed by atoms with Gasteiger partial charge in [-0.25, -0.2) is 9.59 Å². The second-order valence-electron chi connectivity index (χ2n) is 6.60. The summed E-state index contributed by atoms with van der Waals surface area (Å²) >= 11 is 12.4. The van der Waals surface area contributed by atoms with Crippen molar-refractivity contribution in [2.24, 2.45) is 0 Å². The number of aromatic nitrogens is 1. The Hall–Kier alpha value is -2.70. The van der Waals surface area contributed by atoms with Crippen LogP contribution in [0.25, 0.3) is 10.9 Å². The molecule has 4 rings (SSSR count). The number of carbonyl (C=O) groups excluding carboxylic acids is 1. The number of carboxylic acid groups (broad SMARTS) is 1. The van der Waals surface area contributed by atoms with E-state index in [1.165, 1.54) is 0 Å². The maximum atomic E-state index is 12.7. The molecule has 2 aromatic carbocycles. The molecule has 0 radical (unpaired) electrons. The first-order chi connectivity index (χ1) is 13.5. The number of carboxylic acids is 1. The SMILES string of the molecule is O=C(O)c1[nH]c2cc(Cl)cc(Cl)c2c1CCN1CCN(c2ccccc2)C1=O. The zero-order chi connectivity index (χ0) is 19.8. The van der Waals surface area contributed by atoms with Gasteiger partial charge in [0, 0.05) is 41.2 Å². The van der Waals surface area contributed by atoms with E-state index in [0.29, 0.717) is 52.6 Å². The van der Waals surface area contributed by atoms with E-state index >= 15 is 0 Å². The van der Waals surface area contributed by atoms with Crippen LogP contribution in [0.1, 0.15) is 16.1 Å². The van der Waals surface area contributed by atoms with E-state index in [4.69, 9.17) is 23.2 Å². The average Bonchev–Trinajstić information content (AvgIpc) is 3.21. The van der Waals surface area contributed by atoms with Gasteiger partial charge in [-0.05, 0) is 36.2 Å². The molecule has 0 spiro atoms. The number of benzene rings is 2. The lowest BCUT2D eigenvalue weighted by Crippen LogP contribution is -2.33. The van der Waals surface area contributed by atoms with Crippen molar-refractivity contribution < 1.29 is 14.7 Å². The number of aromatic amines is 1. The summed E-state index contributed by atoms with van der Waals surface area (Å²) in [4.78, 5) is 30.8. The van der Waals surface area contributed by atoms with Gasteiger partial charge < -0.3 is 15.0 Å². The van der Waals surface area contributed by atoms with Gasteiger partial charge in [-0.1, -0.05) is 41.4 Å². The summed E-state index contributed by atoms with van der Waals surface area (Å²) in [7, 11) is 0. The molecular formula is C20H17Cl2N3O3. The van der Waals surface area contributed by atoms with Crippen LogP contribution in [0.5, 0.6) is 0 Å². The van der Waals surface area contributed by atoms with Crippen molar-refractivity contribution in [2.75, 3.05) is 24.5 Å². The molecule has 1 aliphatic rings. The van der Waals surface area contributed by atoms with Gasteiger partial charge in [0.05, 0.1) is 5.02 Å². The fourth-order valence-electron chi connectivity index (χ4n) is 3.63. The van der Waals surface area contributed by atoms with Gasteiger partial charge in [0.2, 0.25) is 0 Å². The molecule has 3 aromatic rings. The molecule has 0 atom stereocenters. The summed E-state index contributed by atoms with van der Waals surface area (Å²) in [6.45, 7) is 1.57. The van der Waals surface area contributed by atoms with Gasteiger partial charge in [-0.3, -0.25) is 4.90 Å². The highest BCUT2D eigenvalue weighted by Crippen LogP contribution is 2.33. The minimum Gasteiger partial charge on any atom is -0.477 e. The fraction of sp³-hybridized carbons (Fsp3) is 0.200. The van der Waals surface area contributed by atoms with E-state index in [9.17, 15) is 14.7 Å². The molecule has 2 amide bonds. The smallest absolute Gasteiger partial charge is 0.352 e. The van der Waals surface area contributed by atoms with E-state index in [1.807, 2.05) is 30.3 Å². The monoisotopic (exact) mass is 417 g/mol. The Morgan fingerprint density at radius 3 is 2.61 bits per heavy atom. The normalized spacial score (nSPS) is 14.3. The lowest BCUT2D eigenvalue weighted by atomic mass is 10.1. The minimum atomic E-state index is -1.07. The molecule has 1 fully saturated rings. The van der Waals surface area contributed by atoms with Crippen LogP contribution in [-0.4, -0.2) is 46.6 Å². The minimum absolute atomic E-state index is 0.0747. The zero-order valence-corrected chi connectivity index (χ0v) is 16.3. The number of urea groups is 1. The van der Waals surface area contributed by atoms with Crippen LogP contribution in [0.3, 0.4) is 0 Å². The number of halogens is 2. The molecule has 0 aliphatic carbocycles. The highest BCUT2D eigenvalue weighted by molar-refractivity contribution is 6.39. The van der Waals surface area contributed by atoms with Gasteiger partial charge in [-0.15, -0.1) is 0 Å². The number of rotatable bonds is 5. The van der Waals surface area contributed by atoms with Crippen molar-refractivity contribution in [3.05, 3.63) is 63.8 Å². The van der Waals surface area contributed by atoms with Crippen LogP contribution in [0.15, 0.2) is 42.5 Å². The number of hydrogen-bond donors (Lipinski definition) is 2. The fourth-order valence-corrected chi connectivity index (χ4v) is 4.24. The Balaban J connectivity index is 1.59. The number of nitrogens with one attached hydrogen (secondary N) is 1. The molecule has 144 valence electrons. The number of amides is 2. The number of para-hydroxylation sites is 1. The number of fused-ring (bicyclic) bond motifs is 1. The number of carbonyl (C=O) groups is 2. The zero-order valence-electron chi connectivity index (χ0n) is 14.8. The topological polar surface area (TPSA) is 76.6 Å².